The highest BCUT2D eigenvalue weighted by Gasteiger charge is 2.48. The average molecular weight is 671 g/mol. The maximum atomic E-state index is 6.55. The third-order valence-electron chi connectivity index (χ3n) is 11.2. The summed E-state index contributed by atoms with van der Waals surface area (Å²) in [6, 6.07) is 0.619. The Morgan fingerprint density at radius 2 is 0.896 bits per heavy atom. The molecule has 2 saturated heterocycles. The molecule has 1 aromatic rings. The van der Waals surface area contributed by atoms with Crippen molar-refractivity contribution in [2.45, 2.75) is 238 Å². The highest BCUT2D eigenvalue weighted by atomic mass is 16.5. The molecule has 0 aliphatic carbocycles. The molecule has 0 unspecified atom stereocenters. The SMILES string of the molecule is CCCCCCCCCCCCCCCCCCCCOc1nc(N2C(C)(C)CCCC2(C)C)nc(N2C(C)(C)CC(N)CC2(C)C)n1. The van der Waals surface area contributed by atoms with Gasteiger partial charge in [0.1, 0.15) is 0 Å². The van der Waals surface area contributed by atoms with E-state index in [4.69, 9.17) is 25.4 Å². The molecule has 2 aliphatic heterocycles. The van der Waals surface area contributed by atoms with Crippen LogP contribution in [0.15, 0.2) is 0 Å². The van der Waals surface area contributed by atoms with Gasteiger partial charge in [-0.25, -0.2) is 0 Å². The minimum absolute atomic E-state index is 0.0554. The normalized spacial score (nSPS) is 20.3. The topological polar surface area (TPSA) is 80.4 Å². The number of hydrogen-bond acceptors (Lipinski definition) is 7. The number of nitrogens with two attached hydrogens (primary N) is 1. The number of rotatable bonds is 22. The van der Waals surface area contributed by atoms with E-state index in [9.17, 15) is 0 Å². The Kier molecular flexibility index (Phi) is 16.2. The molecule has 48 heavy (non-hydrogen) atoms. The molecule has 2 aliphatic rings. The summed E-state index contributed by atoms with van der Waals surface area (Å²) >= 11 is 0. The lowest BCUT2D eigenvalue weighted by Crippen LogP contribution is -2.64. The first-order chi connectivity index (χ1) is 22.7. The fraction of sp³-hybridized carbons (Fsp3) is 0.927. The second-order valence-corrected chi connectivity index (χ2v) is 18.0. The second kappa shape index (κ2) is 19.1. The quantitative estimate of drug-likeness (QED) is 0.123. The third kappa shape index (κ3) is 12.6. The van der Waals surface area contributed by atoms with Gasteiger partial charge in [0.25, 0.3) is 0 Å². The maximum absolute atomic E-state index is 6.55. The van der Waals surface area contributed by atoms with E-state index in [1.165, 1.54) is 116 Å². The van der Waals surface area contributed by atoms with Crippen molar-refractivity contribution in [3.63, 3.8) is 0 Å². The molecule has 7 nitrogen and oxygen atoms in total. The summed E-state index contributed by atoms with van der Waals surface area (Å²) < 4.78 is 6.35. The van der Waals surface area contributed by atoms with Crippen molar-refractivity contribution in [3.05, 3.63) is 0 Å². The summed E-state index contributed by atoms with van der Waals surface area (Å²) in [5.41, 5.74) is 6.07. The van der Waals surface area contributed by atoms with E-state index in [2.05, 4.69) is 72.1 Å². The monoisotopic (exact) mass is 671 g/mol. The van der Waals surface area contributed by atoms with Crippen LogP contribution in [0.3, 0.4) is 0 Å². The van der Waals surface area contributed by atoms with E-state index >= 15 is 0 Å². The molecular weight excluding hydrogens is 592 g/mol. The molecule has 0 aromatic carbocycles. The molecule has 0 atom stereocenters. The summed E-state index contributed by atoms with van der Waals surface area (Å²) in [6.45, 7) is 21.3. The van der Waals surface area contributed by atoms with Crippen molar-refractivity contribution in [1.29, 1.82) is 0 Å². The first-order valence-electron chi connectivity index (χ1n) is 20.4. The fourth-order valence-electron chi connectivity index (χ4n) is 9.20. The lowest BCUT2D eigenvalue weighted by molar-refractivity contribution is 0.212. The van der Waals surface area contributed by atoms with Gasteiger partial charge in [0.15, 0.2) is 0 Å². The van der Waals surface area contributed by atoms with Gasteiger partial charge in [-0.3, -0.25) is 0 Å². The van der Waals surface area contributed by atoms with Crippen molar-refractivity contribution >= 4 is 11.9 Å². The molecule has 0 bridgehead atoms. The van der Waals surface area contributed by atoms with Crippen LogP contribution in [0.2, 0.25) is 0 Å². The van der Waals surface area contributed by atoms with Gasteiger partial charge >= 0.3 is 6.01 Å². The zero-order chi connectivity index (χ0) is 35.3. The van der Waals surface area contributed by atoms with Gasteiger partial charge in [-0.05, 0) is 93.9 Å². The van der Waals surface area contributed by atoms with Crippen molar-refractivity contribution in [2.24, 2.45) is 5.73 Å². The Balaban J connectivity index is 1.46. The van der Waals surface area contributed by atoms with Crippen LogP contribution in [0, 0.1) is 0 Å². The van der Waals surface area contributed by atoms with E-state index in [0.29, 0.717) is 18.6 Å². The van der Waals surface area contributed by atoms with Crippen LogP contribution in [0.25, 0.3) is 0 Å². The van der Waals surface area contributed by atoms with Gasteiger partial charge in [-0.2, -0.15) is 15.0 Å². The van der Waals surface area contributed by atoms with Crippen LogP contribution < -0.4 is 20.3 Å². The van der Waals surface area contributed by atoms with Gasteiger partial charge < -0.3 is 20.3 Å². The number of aromatic nitrogens is 3. The summed E-state index contributed by atoms with van der Waals surface area (Å²) in [7, 11) is 0. The van der Waals surface area contributed by atoms with Crippen LogP contribution in [-0.2, 0) is 0 Å². The number of unbranched alkanes of at least 4 members (excludes halogenated alkanes) is 17. The predicted molar refractivity (Wildman–Crippen MR) is 206 cm³/mol. The van der Waals surface area contributed by atoms with Crippen LogP contribution in [-0.4, -0.2) is 49.8 Å². The number of anilines is 2. The minimum Gasteiger partial charge on any atom is -0.463 e. The molecule has 7 heteroatoms. The molecule has 0 saturated carbocycles. The van der Waals surface area contributed by atoms with Gasteiger partial charge in [-0.15, -0.1) is 0 Å². The van der Waals surface area contributed by atoms with E-state index in [1.807, 2.05) is 0 Å². The molecule has 0 radical (unpaired) electrons. The molecule has 3 rings (SSSR count). The summed E-state index contributed by atoms with van der Waals surface area (Å²) in [4.78, 5) is 20.1. The van der Waals surface area contributed by atoms with Crippen LogP contribution in [0.4, 0.5) is 11.9 Å². The second-order valence-electron chi connectivity index (χ2n) is 18.0. The molecule has 2 fully saturated rings. The van der Waals surface area contributed by atoms with Crippen molar-refractivity contribution in [3.8, 4) is 6.01 Å². The molecule has 2 N–H and O–H groups in total. The number of ether oxygens (including phenoxy) is 1. The lowest BCUT2D eigenvalue weighted by atomic mass is 9.77. The van der Waals surface area contributed by atoms with Crippen molar-refractivity contribution < 1.29 is 4.74 Å². The first kappa shape index (κ1) is 40.8. The van der Waals surface area contributed by atoms with E-state index in [0.717, 1.165) is 38.1 Å². The summed E-state index contributed by atoms with van der Waals surface area (Å²) in [5, 5.41) is 0. The van der Waals surface area contributed by atoms with Gasteiger partial charge in [-0.1, -0.05) is 116 Å². The Morgan fingerprint density at radius 3 is 1.29 bits per heavy atom. The standard InChI is InChI=1S/C41H78N6O/c1-10-11-12-13-14-15-16-17-18-19-20-21-22-23-24-25-26-27-31-48-37-44-35(46-38(2,3)29-28-30-39(46,4)5)43-36(45-37)47-40(6,7)32-34(42)33-41(47,8)9/h34H,10-33,42H2,1-9H3. The molecule has 0 amide bonds. The Morgan fingerprint density at radius 1 is 0.542 bits per heavy atom. The highest BCUT2D eigenvalue weighted by molar-refractivity contribution is 5.49. The van der Waals surface area contributed by atoms with E-state index in [1.54, 1.807) is 0 Å². The van der Waals surface area contributed by atoms with Gasteiger partial charge in [0.2, 0.25) is 11.9 Å². The molecule has 278 valence electrons. The highest BCUT2D eigenvalue weighted by Crippen LogP contribution is 2.44. The molecule has 1 aromatic heterocycles. The lowest BCUT2D eigenvalue weighted by Gasteiger charge is -2.55. The first-order valence-corrected chi connectivity index (χ1v) is 20.4. The summed E-state index contributed by atoms with van der Waals surface area (Å²) in [5.74, 6) is 1.45. The number of piperidine rings is 2. The summed E-state index contributed by atoms with van der Waals surface area (Å²) in [6.07, 6.45) is 30.0. The Labute approximate surface area is 297 Å². The largest absolute Gasteiger partial charge is 0.463 e. The fourth-order valence-corrected chi connectivity index (χ4v) is 9.20. The zero-order valence-corrected chi connectivity index (χ0v) is 33.3. The third-order valence-corrected chi connectivity index (χ3v) is 11.2. The zero-order valence-electron chi connectivity index (χ0n) is 33.3. The number of nitrogens with zero attached hydrogens (tertiary/aromatic N) is 5. The van der Waals surface area contributed by atoms with Gasteiger partial charge in [0, 0.05) is 28.2 Å². The Hall–Kier alpha value is -1.63. The number of hydrogen-bond donors (Lipinski definition) is 1. The minimum atomic E-state index is -0.183. The van der Waals surface area contributed by atoms with E-state index in [-0.39, 0.29) is 28.2 Å². The molecule has 3 heterocycles. The average Bonchev–Trinajstić information content (AvgIpc) is 2.96. The maximum Gasteiger partial charge on any atom is 0.323 e. The van der Waals surface area contributed by atoms with Gasteiger partial charge in [0.05, 0.1) is 6.61 Å². The smallest absolute Gasteiger partial charge is 0.323 e. The molecule has 0 spiro atoms. The molecular formula is C41H78N6O. The van der Waals surface area contributed by atoms with Crippen LogP contribution >= 0.6 is 0 Å². The van der Waals surface area contributed by atoms with Crippen molar-refractivity contribution in [1.82, 2.24) is 15.0 Å². The van der Waals surface area contributed by atoms with E-state index < -0.39 is 0 Å². The Bertz CT molecular complexity index is 1020. The van der Waals surface area contributed by atoms with Crippen molar-refractivity contribution in [2.75, 3.05) is 16.4 Å². The van der Waals surface area contributed by atoms with Crippen LogP contribution in [0.5, 0.6) is 6.01 Å². The van der Waals surface area contributed by atoms with Crippen LogP contribution in [0.1, 0.15) is 210 Å². The predicted octanol–water partition coefficient (Wildman–Crippen LogP) is 11.3.